The number of halogens is 2. The Morgan fingerprint density at radius 3 is 2.39 bits per heavy atom. The van der Waals surface area contributed by atoms with E-state index in [4.69, 9.17) is 5.11 Å². The normalized spacial score (nSPS) is 19.0. The molecule has 1 amide bonds. The van der Waals surface area contributed by atoms with Gasteiger partial charge >= 0.3 is 5.97 Å². The zero-order valence-electron chi connectivity index (χ0n) is 9.40. The van der Waals surface area contributed by atoms with E-state index in [2.05, 4.69) is 0 Å². The number of carboxylic acids is 1. The van der Waals surface area contributed by atoms with Gasteiger partial charge in [-0.05, 0) is 25.0 Å². The molecule has 0 aliphatic carbocycles. The summed E-state index contributed by atoms with van der Waals surface area (Å²) < 4.78 is 26.0. The zero-order chi connectivity index (χ0) is 13.3. The molecular weight excluding hydrogens is 244 g/mol. The number of hydrogen-bond donors (Lipinski definition) is 1. The second-order valence-electron chi connectivity index (χ2n) is 4.15. The fraction of sp³-hybridized carbons (Fsp3) is 0.333. The van der Waals surface area contributed by atoms with E-state index >= 15 is 0 Å². The summed E-state index contributed by atoms with van der Waals surface area (Å²) in [5.74, 6) is -3.47. The summed E-state index contributed by atoms with van der Waals surface area (Å²) in [7, 11) is 0. The molecule has 2 rings (SSSR count). The maximum atomic E-state index is 13.0. The molecular formula is C12H11F2NO3. The van der Waals surface area contributed by atoms with Gasteiger partial charge in [-0.25, -0.2) is 13.6 Å². The highest BCUT2D eigenvalue weighted by Crippen LogP contribution is 2.21. The van der Waals surface area contributed by atoms with Crippen molar-refractivity contribution in [3.05, 3.63) is 35.4 Å². The summed E-state index contributed by atoms with van der Waals surface area (Å²) in [6.45, 7) is 0.286. The Bertz CT molecular complexity index is 484. The van der Waals surface area contributed by atoms with Crippen molar-refractivity contribution in [3.8, 4) is 0 Å². The Balaban J connectivity index is 2.28. The maximum absolute atomic E-state index is 13.0. The van der Waals surface area contributed by atoms with Crippen molar-refractivity contribution < 1.29 is 23.5 Å². The van der Waals surface area contributed by atoms with Gasteiger partial charge in [0.2, 0.25) is 0 Å². The molecule has 1 atom stereocenters. The van der Waals surface area contributed by atoms with Crippen LogP contribution < -0.4 is 0 Å². The highest BCUT2D eigenvalue weighted by Gasteiger charge is 2.34. The topological polar surface area (TPSA) is 57.6 Å². The smallest absolute Gasteiger partial charge is 0.326 e. The van der Waals surface area contributed by atoms with Crippen LogP contribution in [0, 0.1) is 11.6 Å². The van der Waals surface area contributed by atoms with Gasteiger partial charge in [-0.15, -0.1) is 0 Å². The van der Waals surface area contributed by atoms with Crippen LogP contribution in [0.2, 0.25) is 0 Å². The number of carbonyl (C=O) groups excluding carboxylic acids is 1. The molecule has 1 saturated heterocycles. The van der Waals surface area contributed by atoms with E-state index < -0.39 is 29.6 Å². The minimum atomic E-state index is -1.10. The summed E-state index contributed by atoms with van der Waals surface area (Å²) >= 11 is 0. The number of carbonyl (C=O) groups is 2. The number of hydrogen-bond acceptors (Lipinski definition) is 2. The van der Waals surface area contributed by atoms with Crippen LogP contribution in [0.4, 0.5) is 8.78 Å². The summed E-state index contributed by atoms with van der Waals surface area (Å²) in [4.78, 5) is 24.1. The lowest BCUT2D eigenvalue weighted by atomic mass is 10.1. The second kappa shape index (κ2) is 4.72. The van der Waals surface area contributed by atoms with Crippen LogP contribution in [0.5, 0.6) is 0 Å². The summed E-state index contributed by atoms with van der Waals surface area (Å²) in [5.41, 5.74) is -0.166. The lowest BCUT2D eigenvalue weighted by Crippen LogP contribution is -2.40. The van der Waals surface area contributed by atoms with E-state index in [1.165, 1.54) is 0 Å². The Hall–Kier alpha value is -1.98. The van der Waals surface area contributed by atoms with Crippen LogP contribution in [0.25, 0.3) is 0 Å². The number of rotatable bonds is 2. The number of likely N-dealkylation sites (tertiary alicyclic amines) is 1. The predicted octanol–water partition coefficient (Wildman–Crippen LogP) is 1.65. The largest absolute Gasteiger partial charge is 0.480 e. The van der Waals surface area contributed by atoms with Gasteiger partial charge < -0.3 is 10.0 Å². The Labute approximate surface area is 102 Å². The number of amides is 1. The van der Waals surface area contributed by atoms with Gasteiger partial charge in [0.25, 0.3) is 5.91 Å². The molecule has 0 bridgehead atoms. The van der Waals surface area contributed by atoms with Crippen molar-refractivity contribution in [1.82, 2.24) is 4.90 Å². The molecule has 18 heavy (non-hydrogen) atoms. The van der Waals surface area contributed by atoms with Gasteiger partial charge in [0, 0.05) is 18.2 Å². The molecule has 0 unspecified atom stereocenters. The van der Waals surface area contributed by atoms with Crippen LogP contribution in [0.15, 0.2) is 18.2 Å². The molecule has 0 radical (unpaired) electrons. The van der Waals surface area contributed by atoms with Crippen LogP contribution in [0.1, 0.15) is 23.2 Å². The number of aliphatic carboxylic acids is 1. The van der Waals surface area contributed by atoms with Crippen molar-refractivity contribution in [1.29, 1.82) is 0 Å². The molecule has 6 heteroatoms. The molecule has 1 aromatic carbocycles. The highest BCUT2D eigenvalue weighted by atomic mass is 19.1. The van der Waals surface area contributed by atoms with E-state index in [0.717, 1.165) is 17.0 Å². The van der Waals surface area contributed by atoms with E-state index in [-0.39, 0.29) is 12.1 Å². The SMILES string of the molecule is O=C(O)[C@@H]1CCCN1C(=O)c1cc(F)cc(F)c1. The van der Waals surface area contributed by atoms with E-state index in [9.17, 15) is 18.4 Å². The van der Waals surface area contributed by atoms with Crippen LogP contribution >= 0.6 is 0 Å². The molecule has 1 aliphatic heterocycles. The van der Waals surface area contributed by atoms with Gasteiger partial charge in [-0.2, -0.15) is 0 Å². The average molecular weight is 255 g/mol. The standard InChI is InChI=1S/C12H11F2NO3/c13-8-4-7(5-9(14)6-8)11(16)15-3-1-2-10(15)12(17)18/h4-6,10H,1-3H2,(H,17,18)/t10-/m0/s1. The molecule has 0 saturated carbocycles. The van der Waals surface area contributed by atoms with E-state index in [1.807, 2.05) is 0 Å². The lowest BCUT2D eigenvalue weighted by molar-refractivity contribution is -0.141. The van der Waals surface area contributed by atoms with Crippen molar-refractivity contribution in [2.75, 3.05) is 6.54 Å². The molecule has 1 aliphatic rings. The van der Waals surface area contributed by atoms with Crippen LogP contribution in [0.3, 0.4) is 0 Å². The third-order valence-corrected chi connectivity index (χ3v) is 2.91. The maximum Gasteiger partial charge on any atom is 0.326 e. The average Bonchev–Trinajstić information content (AvgIpc) is 2.75. The van der Waals surface area contributed by atoms with Crippen molar-refractivity contribution >= 4 is 11.9 Å². The van der Waals surface area contributed by atoms with Crippen molar-refractivity contribution in [2.24, 2.45) is 0 Å². The van der Waals surface area contributed by atoms with Gasteiger partial charge in [-0.1, -0.05) is 0 Å². The fourth-order valence-electron chi connectivity index (χ4n) is 2.11. The van der Waals surface area contributed by atoms with E-state index in [0.29, 0.717) is 18.9 Å². The highest BCUT2D eigenvalue weighted by molar-refractivity contribution is 5.97. The number of benzene rings is 1. The van der Waals surface area contributed by atoms with Crippen molar-refractivity contribution in [2.45, 2.75) is 18.9 Å². The first kappa shape index (κ1) is 12.5. The molecule has 0 spiro atoms. The third kappa shape index (κ3) is 2.32. The molecule has 1 fully saturated rings. The van der Waals surface area contributed by atoms with Gasteiger partial charge in [-0.3, -0.25) is 4.79 Å². The minimum absolute atomic E-state index is 0.166. The summed E-state index contributed by atoms with van der Waals surface area (Å²) in [6.07, 6.45) is 0.930. The summed E-state index contributed by atoms with van der Waals surface area (Å²) in [5, 5.41) is 8.95. The first-order valence-corrected chi connectivity index (χ1v) is 5.49. The third-order valence-electron chi connectivity index (χ3n) is 2.91. The van der Waals surface area contributed by atoms with Crippen LogP contribution in [-0.2, 0) is 4.79 Å². The predicted molar refractivity (Wildman–Crippen MR) is 58.1 cm³/mol. The monoisotopic (exact) mass is 255 g/mol. The Morgan fingerprint density at radius 1 is 1.22 bits per heavy atom. The fourth-order valence-corrected chi connectivity index (χ4v) is 2.11. The molecule has 96 valence electrons. The zero-order valence-corrected chi connectivity index (χ0v) is 9.40. The minimum Gasteiger partial charge on any atom is -0.480 e. The molecule has 4 nitrogen and oxygen atoms in total. The lowest BCUT2D eigenvalue weighted by Gasteiger charge is -2.21. The molecule has 1 aromatic rings. The van der Waals surface area contributed by atoms with Crippen molar-refractivity contribution in [3.63, 3.8) is 0 Å². The second-order valence-corrected chi connectivity index (χ2v) is 4.15. The number of nitrogens with zero attached hydrogens (tertiary/aromatic N) is 1. The van der Waals surface area contributed by atoms with Gasteiger partial charge in [0.1, 0.15) is 17.7 Å². The Kier molecular flexibility index (Phi) is 3.27. The first-order valence-electron chi connectivity index (χ1n) is 5.49. The quantitative estimate of drug-likeness (QED) is 0.874. The van der Waals surface area contributed by atoms with E-state index in [1.54, 1.807) is 0 Å². The van der Waals surface area contributed by atoms with Gasteiger partial charge in [0.05, 0.1) is 0 Å². The number of carboxylic acid groups (broad SMARTS) is 1. The molecule has 1 heterocycles. The molecule has 1 N–H and O–H groups in total. The molecule has 0 aromatic heterocycles. The summed E-state index contributed by atoms with van der Waals surface area (Å²) in [6, 6.07) is 1.56. The first-order chi connectivity index (χ1) is 8.49. The van der Waals surface area contributed by atoms with Gasteiger partial charge in [0.15, 0.2) is 0 Å². The Morgan fingerprint density at radius 2 is 1.83 bits per heavy atom. The van der Waals surface area contributed by atoms with Crippen LogP contribution in [-0.4, -0.2) is 34.5 Å².